The number of phosphoric acid groups is 1. The van der Waals surface area contributed by atoms with Crippen LogP contribution in [-0.2, 0) is 21.6 Å². The predicted octanol–water partition coefficient (Wildman–Crippen LogP) is -4.10. The molecule has 0 fully saturated rings. The van der Waals surface area contributed by atoms with Crippen LogP contribution in [0, 0.1) is 0 Å². The van der Waals surface area contributed by atoms with Gasteiger partial charge in [0.05, 0.1) is 0 Å². The van der Waals surface area contributed by atoms with E-state index in [0.29, 0.717) is 0 Å². The first kappa shape index (κ1) is 33.9. The first-order valence-electron chi connectivity index (χ1n) is 0.730. The van der Waals surface area contributed by atoms with Crippen LogP contribution in [0.1, 0.15) is 0 Å². The zero-order chi connectivity index (χ0) is 4.50. The Morgan fingerprint density at radius 3 is 1.00 bits per heavy atom. The van der Waals surface area contributed by atoms with Crippen LogP contribution in [0.3, 0.4) is 0 Å². The van der Waals surface area contributed by atoms with E-state index in [4.69, 9.17) is 19.2 Å². The summed E-state index contributed by atoms with van der Waals surface area (Å²) in [5.41, 5.74) is 0. The fraction of sp³-hybridized carbons (Fsp3) is 0. The molecule has 0 aliphatic carbocycles. The maximum Gasteiger partial charge on any atom is 2.00 e. The molecule has 0 aliphatic rings. The Kier molecular flexibility index (Phi) is 42.6. The van der Waals surface area contributed by atoms with E-state index in [2.05, 4.69) is 0 Å². The van der Waals surface area contributed by atoms with E-state index in [-0.39, 0.29) is 34.2 Å². The monoisotopic (exact) mass is 205 g/mol. The first-order valence-corrected chi connectivity index (χ1v) is 2.19. The van der Waals surface area contributed by atoms with Crippen molar-refractivity contribution in [2.45, 2.75) is 0 Å². The number of quaternary nitrogens is 1. The van der Waals surface area contributed by atoms with E-state index in [1.54, 1.807) is 0 Å². The summed E-state index contributed by atoms with van der Waals surface area (Å²) in [5.74, 6) is 0. The van der Waals surface area contributed by atoms with E-state index in [9.17, 15) is 0 Å². The Morgan fingerprint density at radius 1 is 1.00 bits per heavy atom. The summed E-state index contributed by atoms with van der Waals surface area (Å²) in [7, 11) is -5.39. The van der Waals surface area contributed by atoms with Gasteiger partial charge in [-0.05, 0) is 0 Å². The molecule has 9 heteroatoms. The summed E-state index contributed by atoms with van der Waals surface area (Å²) < 4.78 is 8.55. The Labute approximate surface area is 62.0 Å². The van der Waals surface area contributed by atoms with Gasteiger partial charge in [-0.3, -0.25) is 0 Å². The summed E-state index contributed by atoms with van der Waals surface area (Å²) in [5, 5.41) is 0. The van der Waals surface area contributed by atoms with Crippen LogP contribution in [0.2, 0.25) is 0 Å². The molecule has 0 unspecified atom stereocenters. The molecule has 0 atom stereocenters. The van der Waals surface area contributed by atoms with Crippen molar-refractivity contribution < 1.29 is 47.3 Å². The predicted molar refractivity (Wildman–Crippen MR) is 20.8 cm³/mol. The maximum absolute atomic E-state index is 8.55. The van der Waals surface area contributed by atoms with Crippen LogP contribution < -0.4 is 20.8 Å². The van der Waals surface area contributed by atoms with Crippen molar-refractivity contribution in [3.05, 3.63) is 0 Å². The second-order valence-corrected chi connectivity index (χ2v) is 1.34. The standard InChI is InChI=1S/Fe.H3N.H3O4P.2H2O/c;;1-5(2,3)4;;/h;1H3;(H3,1,2,3,4);2*1H2/q+2;;;;/p-2. The summed E-state index contributed by atoms with van der Waals surface area (Å²) in [4.78, 5) is 25.6. The van der Waals surface area contributed by atoms with Crippen LogP contribution in [0.5, 0.6) is 0 Å². The van der Waals surface area contributed by atoms with Crippen molar-refractivity contribution in [3.63, 3.8) is 0 Å². The molecule has 0 aliphatic heterocycles. The van der Waals surface area contributed by atoms with Crippen LogP contribution in [0.15, 0.2) is 0 Å². The molecule has 0 amide bonds. The fourth-order valence-corrected chi connectivity index (χ4v) is 0. The average molecular weight is 205 g/mol. The normalized spacial score (nSPS) is 6.56. The minimum Gasteiger partial charge on any atom is -0.822 e. The van der Waals surface area contributed by atoms with Crippen LogP contribution >= 0.6 is 7.82 Å². The third kappa shape index (κ3) is 1390. The van der Waals surface area contributed by atoms with Crippen molar-refractivity contribution in [1.82, 2.24) is 6.15 Å². The van der Waals surface area contributed by atoms with Gasteiger partial charge >= 0.3 is 17.1 Å². The van der Waals surface area contributed by atoms with E-state index in [0.717, 1.165) is 0 Å². The molecule has 0 aromatic rings. The Balaban J connectivity index is -0.0000000133. The van der Waals surface area contributed by atoms with Crippen LogP contribution in [0.25, 0.3) is 0 Å². The molecule has 0 spiro atoms. The van der Waals surface area contributed by atoms with Crippen molar-refractivity contribution in [1.29, 1.82) is 0 Å². The molecule has 9 heavy (non-hydrogen) atoms. The van der Waals surface area contributed by atoms with Gasteiger partial charge in [0, 0.05) is 0 Å². The number of hydrogen-bond acceptors (Lipinski definition) is 4. The van der Waals surface area contributed by atoms with Gasteiger partial charge in [0.15, 0.2) is 0 Å². The summed E-state index contributed by atoms with van der Waals surface area (Å²) in [6, 6.07) is 0. The van der Waals surface area contributed by atoms with Crippen LogP contribution in [-0.4, -0.2) is 11.0 Å². The van der Waals surface area contributed by atoms with E-state index >= 15 is 0 Å². The van der Waals surface area contributed by atoms with E-state index in [1.807, 2.05) is 0 Å². The Bertz CT molecular complexity index is 59.2. The van der Waals surface area contributed by atoms with Gasteiger partial charge in [0.1, 0.15) is 0 Å². The maximum atomic E-state index is 8.55. The molecule has 62 valence electrons. The topological polar surface area (TPSA) is 186 Å². The van der Waals surface area contributed by atoms with Gasteiger partial charge < -0.3 is 36.3 Å². The van der Waals surface area contributed by atoms with Gasteiger partial charge in [0.2, 0.25) is 0 Å². The zero-order valence-corrected chi connectivity index (χ0v) is 6.43. The minimum atomic E-state index is -5.39. The van der Waals surface area contributed by atoms with Gasteiger partial charge in [-0.15, -0.1) is 0 Å². The minimum absolute atomic E-state index is 0. The molecule has 0 aromatic heterocycles. The van der Waals surface area contributed by atoms with E-state index < -0.39 is 7.82 Å². The molecule has 0 saturated heterocycles. The molecule has 0 heterocycles. The number of rotatable bonds is 0. The van der Waals surface area contributed by atoms with Gasteiger partial charge in [-0.2, -0.15) is 7.82 Å². The third-order valence-corrected chi connectivity index (χ3v) is 0. The Morgan fingerprint density at radius 2 is 1.00 bits per heavy atom. The second-order valence-electron chi connectivity index (χ2n) is 0.447. The quantitative estimate of drug-likeness (QED) is 0.311. The second kappa shape index (κ2) is 11.3. The average Bonchev–Trinajstić information content (AvgIpc) is 0.722. The smallest absolute Gasteiger partial charge is 0.822 e. The zero-order valence-electron chi connectivity index (χ0n) is 4.43. The van der Waals surface area contributed by atoms with Crippen molar-refractivity contribution >= 4 is 7.82 Å². The SMILES string of the molecule is O.O.O=P([O-])([O-])[O-].[Fe+2].[NH4+]. The molecule has 0 aromatic carbocycles. The van der Waals surface area contributed by atoms with Gasteiger partial charge in [-0.1, -0.05) is 0 Å². The number of hydrogen-bond donors (Lipinski definition) is 1. The van der Waals surface area contributed by atoms with Crippen molar-refractivity contribution in [2.24, 2.45) is 0 Å². The third-order valence-electron chi connectivity index (χ3n) is 0. The van der Waals surface area contributed by atoms with Gasteiger partial charge in [0.25, 0.3) is 0 Å². The largest absolute Gasteiger partial charge is 2.00 e. The molecule has 8 N–H and O–H groups in total. The first-order chi connectivity index (χ1) is 2.00. The fourth-order valence-electron chi connectivity index (χ4n) is 0. The molecule has 7 nitrogen and oxygen atoms in total. The Hall–Kier alpha value is 0.509. The molecular formula is H8FeNO6P. The van der Waals surface area contributed by atoms with Crippen molar-refractivity contribution in [2.75, 3.05) is 0 Å². The van der Waals surface area contributed by atoms with E-state index in [1.165, 1.54) is 0 Å². The molecule has 0 radical (unpaired) electrons. The summed E-state index contributed by atoms with van der Waals surface area (Å²) >= 11 is 0. The summed E-state index contributed by atoms with van der Waals surface area (Å²) in [6.07, 6.45) is 0. The molecular weight excluding hydrogens is 197 g/mol. The van der Waals surface area contributed by atoms with Crippen molar-refractivity contribution in [3.8, 4) is 0 Å². The molecule has 0 rings (SSSR count). The van der Waals surface area contributed by atoms with Gasteiger partial charge in [-0.25, -0.2) is 0 Å². The molecule has 0 bridgehead atoms. The summed E-state index contributed by atoms with van der Waals surface area (Å²) in [6.45, 7) is 0. The molecule has 0 saturated carbocycles. The van der Waals surface area contributed by atoms with Crippen LogP contribution in [0.4, 0.5) is 0 Å².